The van der Waals surface area contributed by atoms with Gasteiger partial charge in [0.2, 0.25) is 0 Å². The third-order valence-electron chi connectivity index (χ3n) is 0.795. The molecule has 0 amide bonds. The second-order valence-electron chi connectivity index (χ2n) is 1.53. The number of hydrogen-bond donors (Lipinski definition) is 1. The zero-order chi connectivity index (χ0) is 6.78. The van der Waals surface area contributed by atoms with Gasteiger partial charge in [-0.25, -0.2) is 14.3 Å². The Hall–Kier alpha value is 0.160. The Bertz CT molecular complexity index is 154. The van der Waals surface area contributed by atoms with Crippen LogP contribution in [0, 0.1) is 0 Å². The lowest BCUT2D eigenvalue weighted by atomic mass is 10.9. The van der Waals surface area contributed by atoms with E-state index in [4.69, 9.17) is 0 Å². The van der Waals surface area contributed by atoms with E-state index in [2.05, 4.69) is 10.7 Å². The lowest BCUT2D eigenvalue weighted by Crippen LogP contribution is -2.22. The molecule has 0 aromatic rings. The quantitative estimate of drug-likeness (QED) is 0.585. The summed E-state index contributed by atoms with van der Waals surface area (Å²) < 4.78 is 20.7. The predicted octanol–water partition coefficient (Wildman–Crippen LogP) is -0.311. The van der Waals surface area contributed by atoms with Gasteiger partial charge in [-0.15, -0.1) is 12.4 Å². The summed E-state index contributed by atoms with van der Waals surface area (Å²) >= 11 is 0. The molecule has 0 heterocycles. The summed E-state index contributed by atoms with van der Waals surface area (Å²) in [6.07, 6.45) is 1.06. The SMILES string of the molecule is CC(ON)S(C)(=O)=O.Cl. The second kappa shape index (κ2) is 4.05. The lowest BCUT2D eigenvalue weighted by molar-refractivity contribution is 0.120. The predicted molar refractivity (Wildman–Crippen MR) is 36.8 cm³/mol. The van der Waals surface area contributed by atoms with Crippen LogP contribution in [0.15, 0.2) is 0 Å². The highest BCUT2D eigenvalue weighted by Gasteiger charge is 2.12. The van der Waals surface area contributed by atoms with E-state index in [9.17, 15) is 8.42 Å². The highest BCUT2D eigenvalue weighted by Crippen LogP contribution is 1.94. The molecular formula is C3H10ClNO3S. The fourth-order valence-corrected chi connectivity index (χ4v) is 0.303. The third-order valence-corrected chi connectivity index (χ3v) is 2.11. The number of halogens is 1. The third kappa shape index (κ3) is 4.65. The van der Waals surface area contributed by atoms with Crippen LogP contribution in [0.2, 0.25) is 0 Å². The monoisotopic (exact) mass is 175 g/mol. The summed E-state index contributed by atoms with van der Waals surface area (Å²) in [7, 11) is -3.10. The van der Waals surface area contributed by atoms with Crippen molar-refractivity contribution in [3.05, 3.63) is 0 Å². The summed E-state index contributed by atoms with van der Waals surface area (Å²) in [5, 5.41) is 0. The molecule has 0 saturated heterocycles. The van der Waals surface area contributed by atoms with E-state index < -0.39 is 15.3 Å². The molecule has 0 aliphatic rings. The smallest absolute Gasteiger partial charge is 0.176 e. The Morgan fingerprint density at radius 2 is 1.89 bits per heavy atom. The highest BCUT2D eigenvalue weighted by molar-refractivity contribution is 7.91. The standard InChI is InChI=1S/C3H9NO3S.ClH/c1-3(7-4)8(2,5)6;/h3H,4H2,1-2H3;1H. The molecule has 2 N–H and O–H groups in total. The lowest BCUT2D eigenvalue weighted by Gasteiger charge is -2.02. The molecule has 0 aromatic carbocycles. The molecule has 6 heteroatoms. The Morgan fingerprint density at radius 3 is 1.89 bits per heavy atom. The van der Waals surface area contributed by atoms with Gasteiger partial charge >= 0.3 is 0 Å². The van der Waals surface area contributed by atoms with Crippen molar-refractivity contribution in [1.29, 1.82) is 0 Å². The van der Waals surface area contributed by atoms with E-state index in [0.29, 0.717) is 0 Å². The van der Waals surface area contributed by atoms with Crippen molar-refractivity contribution in [3.63, 3.8) is 0 Å². The summed E-state index contributed by atoms with van der Waals surface area (Å²) in [6, 6.07) is 0. The van der Waals surface area contributed by atoms with Gasteiger partial charge in [-0.05, 0) is 6.92 Å². The normalized spacial score (nSPS) is 14.1. The van der Waals surface area contributed by atoms with Crippen LogP contribution in [-0.2, 0) is 14.7 Å². The zero-order valence-corrected chi connectivity index (χ0v) is 6.83. The first-order chi connectivity index (χ1) is 3.48. The van der Waals surface area contributed by atoms with E-state index in [1.807, 2.05) is 0 Å². The molecule has 1 atom stereocenters. The van der Waals surface area contributed by atoms with Crippen LogP contribution in [0.5, 0.6) is 0 Å². The van der Waals surface area contributed by atoms with Gasteiger partial charge < -0.3 is 0 Å². The van der Waals surface area contributed by atoms with Gasteiger partial charge in [0.25, 0.3) is 0 Å². The highest BCUT2D eigenvalue weighted by atomic mass is 35.5. The first kappa shape index (κ1) is 11.9. The number of sulfone groups is 1. The molecule has 0 fully saturated rings. The molecule has 1 unspecified atom stereocenters. The van der Waals surface area contributed by atoms with Crippen LogP contribution in [0.3, 0.4) is 0 Å². The Kier molecular flexibility index (Phi) is 5.36. The van der Waals surface area contributed by atoms with Gasteiger partial charge in [-0.1, -0.05) is 0 Å². The Labute approximate surface area is 60.7 Å². The molecule has 0 spiro atoms. The second-order valence-corrected chi connectivity index (χ2v) is 3.86. The molecular weight excluding hydrogens is 166 g/mol. The summed E-state index contributed by atoms with van der Waals surface area (Å²) in [4.78, 5) is 4.03. The van der Waals surface area contributed by atoms with E-state index in [1.54, 1.807) is 0 Å². The molecule has 0 aliphatic heterocycles. The van der Waals surface area contributed by atoms with Gasteiger partial charge in [0.1, 0.15) is 0 Å². The fraction of sp³-hybridized carbons (Fsp3) is 1.00. The maximum Gasteiger partial charge on any atom is 0.176 e. The summed E-state index contributed by atoms with van der Waals surface area (Å²) in [5.74, 6) is 4.58. The fourth-order valence-electron chi connectivity index (χ4n) is 0.101. The molecule has 0 radical (unpaired) electrons. The molecule has 0 aromatic heterocycles. The zero-order valence-electron chi connectivity index (χ0n) is 5.20. The molecule has 58 valence electrons. The first-order valence-electron chi connectivity index (χ1n) is 2.03. The maximum atomic E-state index is 10.4. The topological polar surface area (TPSA) is 69.4 Å². The van der Waals surface area contributed by atoms with E-state index in [1.165, 1.54) is 6.92 Å². The molecule has 9 heavy (non-hydrogen) atoms. The van der Waals surface area contributed by atoms with Crippen molar-refractivity contribution >= 4 is 22.2 Å². The van der Waals surface area contributed by atoms with Crippen LogP contribution in [0.4, 0.5) is 0 Å². The summed E-state index contributed by atoms with van der Waals surface area (Å²) in [5.41, 5.74) is -0.900. The molecule has 4 nitrogen and oxygen atoms in total. The minimum Gasteiger partial charge on any atom is -0.285 e. The molecule has 0 bridgehead atoms. The maximum absolute atomic E-state index is 10.4. The first-order valence-corrected chi connectivity index (χ1v) is 3.98. The van der Waals surface area contributed by atoms with Crippen molar-refractivity contribution in [2.24, 2.45) is 5.90 Å². The minimum absolute atomic E-state index is 0. The van der Waals surface area contributed by atoms with Crippen molar-refractivity contribution in [2.45, 2.75) is 12.4 Å². The van der Waals surface area contributed by atoms with Crippen LogP contribution in [0.25, 0.3) is 0 Å². The molecule has 0 saturated carbocycles. The average Bonchev–Trinajstić information content (AvgIpc) is 1.62. The number of nitrogens with two attached hydrogens (primary N) is 1. The van der Waals surface area contributed by atoms with Gasteiger partial charge in [0, 0.05) is 6.26 Å². The van der Waals surface area contributed by atoms with Crippen LogP contribution in [-0.4, -0.2) is 20.1 Å². The average molecular weight is 176 g/mol. The van der Waals surface area contributed by atoms with Crippen molar-refractivity contribution in [2.75, 3.05) is 6.26 Å². The minimum atomic E-state index is -3.10. The van der Waals surface area contributed by atoms with Crippen LogP contribution < -0.4 is 5.90 Å². The van der Waals surface area contributed by atoms with Gasteiger partial charge in [0.15, 0.2) is 15.3 Å². The Morgan fingerprint density at radius 1 is 1.56 bits per heavy atom. The van der Waals surface area contributed by atoms with Crippen molar-refractivity contribution in [3.8, 4) is 0 Å². The van der Waals surface area contributed by atoms with Crippen molar-refractivity contribution in [1.82, 2.24) is 0 Å². The van der Waals surface area contributed by atoms with Gasteiger partial charge in [0.05, 0.1) is 0 Å². The van der Waals surface area contributed by atoms with Gasteiger partial charge in [-0.3, -0.25) is 4.84 Å². The Balaban J connectivity index is 0. The van der Waals surface area contributed by atoms with Crippen LogP contribution >= 0.6 is 12.4 Å². The van der Waals surface area contributed by atoms with E-state index in [-0.39, 0.29) is 12.4 Å². The summed E-state index contributed by atoms with van der Waals surface area (Å²) in [6.45, 7) is 1.37. The number of hydrogen-bond acceptors (Lipinski definition) is 4. The van der Waals surface area contributed by atoms with Crippen molar-refractivity contribution < 1.29 is 13.3 Å². The number of rotatable bonds is 2. The van der Waals surface area contributed by atoms with E-state index >= 15 is 0 Å². The largest absolute Gasteiger partial charge is 0.285 e. The van der Waals surface area contributed by atoms with Gasteiger partial charge in [-0.2, -0.15) is 0 Å². The van der Waals surface area contributed by atoms with E-state index in [0.717, 1.165) is 6.26 Å². The van der Waals surface area contributed by atoms with Crippen LogP contribution in [0.1, 0.15) is 6.92 Å². The molecule has 0 aliphatic carbocycles. The molecule has 0 rings (SSSR count).